The van der Waals surface area contributed by atoms with Gasteiger partial charge in [-0.1, -0.05) is 146 Å². The van der Waals surface area contributed by atoms with Gasteiger partial charge in [0, 0.05) is 43.9 Å². The molecule has 56 heavy (non-hydrogen) atoms. The molecule has 5 heteroatoms. The van der Waals surface area contributed by atoms with Gasteiger partial charge in [0.05, 0.1) is 11.0 Å². The molecule has 0 atom stereocenters. The van der Waals surface area contributed by atoms with Crippen LogP contribution in [0.3, 0.4) is 0 Å². The van der Waals surface area contributed by atoms with E-state index < -0.39 is 0 Å². The summed E-state index contributed by atoms with van der Waals surface area (Å²) in [5, 5.41) is 4.53. The van der Waals surface area contributed by atoms with Crippen LogP contribution in [-0.2, 0) is 0 Å². The number of fused-ring (bicyclic) bond motifs is 6. The van der Waals surface area contributed by atoms with Crippen LogP contribution in [-0.4, -0.2) is 19.5 Å². The van der Waals surface area contributed by atoms with Gasteiger partial charge in [-0.05, 0) is 70.8 Å². The van der Waals surface area contributed by atoms with E-state index in [1.54, 1.807) is 0 Å². The van der Waals surface area contributed by atoms with Gasteiger partial charge in [-0.3, -0.25) is 0 Å². The third-order valence-electron chi connectivity index (χ3n) is 10.7. The second-order valence-electron chi connectivity index (χ2n) is 14.1. The van der Waals surface area contributed by atoms with Crippen LogP contribution in [0.5, 0.6) is 0 Å². The molecule has 0 fully saturated rings. The van der Waals surface area contributed by atoms with Crippen molar-refractivity contribution in [2.24, 2.45) is 0 Å². The minimum atomic E-state index is 0.587. The molecule has 3 aromatic heterocycles. The molecule has 0 unspecified atom stereocenters. The van der Waals surface area contributed by atoms with Gasteiger partial charge >= 0.3 is 0 Å². The summed E-state index contributed by atoms with van der Waals surface area (Å²) >= 11 is 0. The number of para-hydroxylation sites is 1. The van der Waals surface area contributed by atoms with Crippen molar-refractivity contribution in [2.45, 2.75) is 0 Å². The summed E-state index contributed by atoms with van der Waals surface area (Å²) in [5.74, 6) is 1.82. The van der Waals surface area contributed by atoms with Gasteiger partial charge < -0.3 is 8.98 Å². The van der Waals surface area contributed by atoms with E-state index in [2.05, 4.69) is 156 Å². The molecule has 0 spiro atoms. The minimum Gasteiger partial charge on any atom is -0.456 e. The highest BCUT2D eigenvalue weighted by Gasteiger charge is 2.18. The van der Waals surface area contributed by atoms with Crippen molar-refractivity contribution in [1.29, 1.82) is 0 Å². The number of hydrogen-bond donors (Lipinski definition) is 0. The number of benzene rings is 8. The molecule has 3 heterocycles. The first-order valence-electron chi connectivity index (χ1n) is 18.8. The Morgan fingerprint density at radius 1 is 0.304 bits per heavy atom. The normalized spacial score (nSPS) is 11.6. The zero-order chi connectivity index (χ0) is 37.0. The Morgan fingerprint density at radius 3 is 1.54 bits per heavy atom. The lowest BCUT2D eigenvalue weighted by Gasteiger charge is -2.09. The molecule has 11 rings (SSSR count). The first kappa shape index (κ1) is 31.9. The fraction of sp³-hybridized carbons (Fsp3) is 0. The summed E-state index contributed by atoms with van der Waals surface area (Å²) in [7, 11) is 0. The van der Waals surface area contributed by atoms with Crippen LogP contribution >= 0.6 is 0 Å². The topological polar surface area (TPSA) is 56.7 Å². The van der Waals surface area contributed by atoms with Gasteiger partial charge in [0.1, 0.15) is 11.2 Å². The van der Waals surface area contributed by atoms with Crippen molar-refractivity contribution < 1.29 is 4.42 Å². The molecule has 0 aliphatic carbocycles. The number of nitrogens with zero attached hydrogens (tertiary/aromatic N) is 4. The average molecular weight is 717 g/mol. The minimum absolute atomic E-state index is 0.587. The highest BCUT2D eigenvalue weighted by molar-refractivity contribution is 6.11. The van der Waals surface area contributed by atoms with Crippen molar-refractivity contribution in [3.63, 3.8) is 0 Å². The molecule has 0 saturated carbocycles. The molecular weight excluding hydrogens is 685 g/mol. The van der Waals surface area contributed by atoms with Crippen LogP contribution in [0.4, 0.5) is 0 Å². The van der Waals surface area contributed by atoms with Gasteiger partial charge in [-0.25, -0.2) is 15.0 Å². The zero-order valence-electron chi connectivity index (χ0n) is 30.2. The van der Waals surface area contributed by atoms with Crippen LogP contribution in [0.1, 0.15) is 0 Å². The van der Waals surface area contributed by atoms with Crippen LogP contribution in [0.2, 0.25) is 0 Å². The molecule has 0 aliphatic rings. The molecule has 8 aromatic carbocycles. The fourth-order valence-electron chi connectivity index (χ4n) is 7.90. The van der Waals surface area contributed by atoms with Gasteiger partial charge in [0.25, 0.3) is 0 Å². The molecule has 5 nitrogen and oxygen atoms in total. The van der Waals surface area contributed by atoms with Crippen molar-refractivity contribution >= 4 is 43.7 Å². The molecule has 0 aliphatic heterocycles. The molecule has 0 amide bonds. The Hall–Kier alpha value is -7.63. The highest BCUT2D eigenvalue weighted by Crippen LogP contribution is 2.38. The monoisotopic (exact) mass is 716 g/mol. The molecule has 11 aromatic rings. The van der Waals surface area contributed by atoms with Gasteiger partial charge in [0.2, 0.25) is 0 Å². The average Bonchev–Trinajstić information content (AvgIpc) is 3.81. The lowest BCUT2D eigenvalue weighted by atomic mass is 10.0. The van der Waals surface area contributed by atoms with E-state index in [-0.39, 0.29) is 0 Å². The fourth-order valence-corrected chi connectivity index (χ4v) is 7.90. The first-order chi connectivity index (χ1) is 27.7. The Morgan fingerprint density at radius 2 is 0.821 bits per heavy atom. The maximum atomic E-state index is 6.53. The summed E-state index contributed by atoms with van der Waals surface area (Å²) in [5.41, 5.74) is 12.4. The van der Waals surface area contributed by atoms with E-state index in [1.807, 2.05) is 42.5 Å². The number of furan rings is 1. The Bertz CT molecular complexity index is 3220. The predicted octanol–water partition coefficient (Wildman–Crippen LogP) is 13.2. The largest absolute Gasteiger partial charge is 0.456 e. The number of aromatic nitrogens is 4. The van der Waals surface area contributed by atoms with Crippen LogP contribution < -0.4 is 0 Å². The van der Waals surface area contributed by atoms with Gasteiger partial charge in [-0.2, -0.15) is 0 Å². The van der Waals surface area contributed by atoms with E-state index in [4.69, 9.17) is 19.4 Å². The van der Waals surface area contributed by atoms with E-state index >= 15 is 0 Å². The van der Waals surface area contributed by atoms with Crippen LogP contribution in [0, 0.1) is 0 Å². The van der Waals surface area contributed by atoms with E-state index in [9.17, 15) is 0 Å². The first-order valence-corrected chi connectivity index (χ1v) is 18.8. The van der Waals surface area contributed by atoms with Crippen molar-refractivity contribution in [3.8, 4) is 62.1 Å². The third kappa shape index (κ3) is 5.45. The third-order valence-corrected chi connectivity index (χ3v) is 10.7. The van der Waals surface area contributed by atoms with Gasteiger partial charge in [-0.15, -0.1) is 0 Å². The molecule has 0 saturated heterocycles. The molecular formula is C51H32N4O. The lowest BCUT2D eigenvalue weighted by Crippen LogP contribution is -2.00. The Balaban J connectivity index is 1.01. The smallest absolute Gasteiger partial charge is 0.164 e. The van der Waals surface area contributed by atoms with Crippen molar-refractivity contribution in [1.82, 2.24) is 19.5 Å². The highest BCUT2D eigenvalue weighted by atomic mass is 16.3. The predicted molar refractivity (Wildman–Crippen MR) is 229 cm³/mol. The summed E-state index contributed by atoms with van der Waals surface area (Å²) in [6.45, 7) is 0. The Labute approximate surface area is 322 Å². The maximum absolute atomic E-state index is 6.53. The van der Waals surface area contributed by atoms with Crippen molar-refractivity contribution in [2.75, 3.05) is 0 Å². The summed E-state index contributed by atoms with van der Waals surface area (Å²) in [6.07, 6.45) is 0. The zero-order valence-corrected chi connectivity index (χ0v) is 30.2. The quantitative estimate of drug-likeness (QED) is 0.172. The Kier molecular flexibility index (Phi) is 7.42. The van der Waals surface area contributed by atoms with E-state index in [0.29, 0.717) is 17.5 Å². The standard InChI is InChI=1S/C51H32N4O/c1-4-12-33(13-5-1)35-20-22-37(23-21-35)50-52-49(36-16-8-3-9-17-36)53-51(54-50)39-24-27-42-44-32-40(26-29-47(44)56-48(42)31-39)55-45-19-11-10-18-41(45)43-30-38(25-28-46(43)55)34-14-6-2-7-15-34/h1-32H. The maximum Gasteiger partial charge on any atom is 0.164 e. The molecule has 0 radical (unpaired) electrons. The second kappa shape index (κ2) is 13.0. The second-order valence-corrected chi connectivity index (χ2v) is 14.1. The number of rotatable bonds is 6. The van der Waals surface area contributed by atoms with Crippen LogP contribution in [0.25, 0.3) is 106 Å². The van der Waals surface area contributed by atoms with Crippen molar-refractivity contribution in [3.05, 3.63) is 194 Å². The molecule has 0 N–H and O–H groups in total. The number of hydrogen-bond acceptors (Lipinski definition) is 4. The summed E-state index contributed by atoms with van der Waals surface area (Å²) in [4.78, 5) is 15.0. The summed E-state index contributed by atoms with van der Waals surface area (Å²) in [6, 6.07) is 67.5. The van der Waals surface area contributed by atoms with E-state index in [1.165, 1.54) is 27.5 Å². The van der Waals surface area contributed by atoms with Crippen LogP contribution in [0.15, 0.2) is 199 Å². The van der Waals surface area contributed by atoms with E-state index in [0.717, 1.165) is 60.9 Å². The summed E-state index contributed by atoms with van der Waals surface area (Å²) < 4.78 is 8.89. The lowest BCUT2D eigenvalue weighted by molar-refractivity contribution is 0.669. The molecule has 262 valence electrons. The molecule has 0 bridgehead atoms. The van der Waals surface area contributed by atoms with Gasteiger partial charge in [0.15, 0.2) is 17.5 Å². The SMILES string of the molecule is c1ccc(-c2ccc(-c3nc(-c4ccccc4)nc(-c4ccc5c(c4)oc4ccc(-n6c7ccccc7c7cc(-c8ccccc8)ccc76)cc45)n3)cc2)cc1.